The molecule has 1 amide bonds. The van der Waals surface area contributed by atoms with E-state index in [2.05, 4.69) is 20.3 Å². The van der Waals surface area contributed by atoms with Crippen LogP contribution in [0.3, 0.4) is 0 Å². The van der Waals surface area contributed by atoms with Crippen LogP contribution in [0.2, 0.25) is 0 Å². The van der Waals surface area contributed by atoms with Crippen LogP contribution in [-0.2, 0) is 11.2 Å². The van der Waals surface area contributed by atoms with Crippen molar-refractivity contribution in [2.75, 3.05) is 12.3 Å². The Morgan fingerprint density at radius 2 is 2.23 bits per heavy atom. The van der Waals surface area contributed by atoms with Crippen LogP contribution in [0.5, 0.6) is 0 Å². The van der Waals surface area contributed by atoms with Gasteiger partial charge in [-0.15, -0.1) is 0 Å². The number of nitrogens with zero attached hydrogens (tertiary/aromatic N) is 2. The maximum Gasteiger partial charge on any atom is 0.258 e. The lowest BCUT2D eigenvalue weighted by Gasteiger charge is -2.04. The van der Waals surface area contributed by atoms with E-state index in [0.717, 1.165) is 12.3 Å². The molecule has 2 heterocycles. The molecule has 0 atom stereocenters. The zero-order valence-electron chi connectivity index (χ0n) is 12.0. The van der Waals surface area contributed by atoms with Crippen molar-refractivity contribution in [2.45, 2.75) is 19.3 Å². The van der Waals surface area contributed by atoms with Crippen LogP contribution in [0.15, 0.2) is 34.1 Å². The summed E-state index contributed by atoms with van der Waals surface area (Å²) in [6.45, 7) is 0.766. The van der Waals surface area contributed by atoms with Gasteiger partial charge in [-0.2, -0.15) is 0 Å². The van der Waals surface area contributed by atoms with Crippen molar-refractivity contribution in [1.29, 1.82) is 0 Å². The molecule has 3 rings (SSSR count). The molecule has 0 aliphatic carbocycles. The Balaban J connectivity index is 1.57. The first-order chi connectivity index (χ1) is 10.7. The first kappa shape index (κ1) is 14.8. The third kappa shape index (κ3) is 3.54. The summed E-state index contributed by atoms with van der Waals surface area (Å²) in [5, 5.41) is 4.08. The molecule has 0 radical (unpaired) electrons. The molecule has 1 aliphatic heterocycles. The number of nitrogens with one attached hydrogen (secondary N) is 2. The largest absolute Gasteiger partial charge is 0.310 e. The van der Waals surface area contributed by atoms with Gasteiger partial charge < -0.3 is 10.3 Å². The van der Waals surface area contributed by atoms with Gasteiger partial charge in [0.15, 0.2) is 5.17 Å². The Hall–Kier alpha value is -2.15. The van der Waals surface area contributed by atoms with Crippen LogP contribution in [0, 0.1) is 0 Å². The second kappa shape index (κ2) is 6.74. The highest BCUT2D eigenvalue weighted by atomic mass is 32.2. The summed E-state index contributed by atoms with van der Waals surface area (Å²) >= 11 is 1.56. The van der Waals surface area contributed by atoms with Gasteiger partial charge in [0.05, 0.1) is 17.4 Å². The third-order valence-electron chi connectivity index (χ3n) is 3.31. The summed E-state index contributed by atoms with van der Waals surface area (Å²) in [4.78, 5) is 35.1. The summed E-state index contributed by atoms with van der Waals surface area (Å²) in [6.07, 6.45) is 1.58. The van der Waals surface area contributed by atoms with E-state index in [1.807, 2.05) is 18.2 Å². The molecule has 0 fully saturated rings. The highest BCUT2D eigenvalue weighted by Crippen LogP contribution is 2.10. The molecule has 0 saturated carbocycles. The minimum Gasteiger partial charge on any atom is -0.310 e. The van der Waals surface area contributed by atoms with Crippen LogP contribution in [-0.4, -0.2) is 33.3 Å². The number of aromatic nitrogens is 2. The van der Waals surface area contributed by atoms with Gasteiger partial charge in [0.2, 0.25) is 5.91 Å². The molecule has 1 aliphatic rings. The second-order valence-corrected chi connectivity index (χ2v) is 6.05. The molecule has 1 aromatic heterocycles. The number of aryl methyl sites for hydroxylation is 1. The monoisotopic (exact) mass is 316 g/mol. The van der Waals surface area contributed by atoms with Crippen molar-refractivity contribution in [2.24, 2.45) is 4.99 Å². The molecule has 0 saturated heterocycles. The molecule has 6 nitrogen and oxygen atoms in total. The van der Waals surface area contributed by atoms with Gasteiger partial charge in [-0.05, 0) is 18.6 Å². The van der Waals surface area contributed by atoms with Gasteiger partial charge >= 0.3 is 0 Å². The molecule has 0 unspecified atom stereocenters. The number of carbonyl (C=O) groups is 1. The highest BCUT2D eigenvalue weighted by molar-refractivity contribution is 8.14. The average molecular weight is 316 g/mol. The Kier molecular flexibility index (Phi) is 4.53. The second-order valence-electron chi connectivity index (χ2n) is 4.97. The van der Waals surface area contributed by atoms with Crippen molar-refractivity contribution in [1.82, 2.24) is 15.3 Å². The smallest absolute Gasteiger partial charge is 0.258 e. The summed E-state index contributed by atoms with van der Waals surface area (Å²) in [5.74, 6) is 1.50. The minimum absolute atomic E-state index is 0.0451. The molecule has 2 aromatic rings. The molecule has 0 spiro atoms. The van der Waals surface area contributed by atoms with E-state index in [9.17, 15) is 9.59 Å². The van der Waals surface area contributed by atoms with Crippen molar-refractivity contribution in [3.8, 4) is 0 Å². The fourth-order valence-corrected chi connectivity index (χ4v) is 3.01. The molecule has 0 bridgehead atoms. The number of hydrogen-bond acceptors (Lipinski definition) is 5. The lowest BCUT2D eigenvalue weighted by Crippen LogP contribution is -2.27. The quantitative estimate of drug-likeness (QED) is 0.894. The fourth-order valence-electron chi connectivity index (χ4n) is 2.26. The van der Waals surface area contributed by atoms with Crippen LogP contribution in [0.1, 0.15) is 18.7 Å². The van der Waals surface area contributed by atoms with E-state index < -0.39 is 0 Å². The van der Waals surface area contributed by atoms with E-state index >= 15 is 0 Å². The van der Waals surface area contributed by atoms with Crippen LogP contribution >= 0.6 is 11.8 Å². The van der Waals surface area contributed by atoms with Crippen LogP contribution in [0.25, 0.3) is 10.9 Å². The lowest BCUT2D eigenvalue weighted by atomic mass is 10.2. The summed E-state index contributed by atoms with van der Waals surface area (Å²) in [6, 6.07) is 7.23. The first-order valence-corrected chi connectivity index (χ1v) is 8.16. The van der Waals surface area contributed by atoms with Crippen LogP contribution in [0.4, 0.5) is 0 Å². The maximum absolute atomic E-state index is 11.9. The molecular formula is C15H16N4O2S. The Morgan fingerprint density at radius 1 is 1.36 bits per heavy atom. The molecule has 1 aromatic carbocycles. The molecule has 2 N–H and O–H groups in total. The third-order valence-corrected chi connectivity index (χ3v) is 4.20. The number of fused-ring (bicyclic) bond motifs is 1. The van der Waals surface area contributed by atoms with Crippen molar-refractivity contribution >= 4 is 33.7 Å². The maximum atomic E-state index is 11.9. The van der Waals surface area contributed by atoms with E-state index in [1.165, 1.54) is 0 Å². The predicted octanol–water partition coefficient (Wildman–Crippen LogP) is 1.46. The van der Waals surface area contributed by atoms with Crippen molar-refractivity contribution in [3.05, 3.63) is 40.4 Å². The summed E-state index contributed by atoms with van der Waals surface area (Å²) in [7, 11) is 0. The van der Waals surface area contributed by atoms with Gasteiger partial charge in [-0.25, -0.2) is 4.98 Å². The van der Waals surface area contributed by atoms with E-state index in [-0.39, 0.29) is 11.5 Å². The Labute approximate surface area is 131 Å². The number of amides is 1. The zero-order chi connectivity index (χ0) is 15.4. The number of thioether (sulfide) groups is 1. The number of aromatic amines is 1. The van der Waals surface area contributed by atoms with E-state index in [0.29, 0.717) is 41.2 Å². The molecular weight excluding hydrogens is 300 g/mol. The Bertz CT molecular complexity index is 784. The number of benzene rings is 1. The highest BCUT2D eigenvalue weighted by Gasteiger charge is 2.11. The number of H-pyrrole nitrogens is 1. The summed E-state index contributed by atoms with van der Waals surface area (Å²) < 4.78 is 0. The predicted molar refractivity (Wildman–Crippen MR) is 88.2 cm³/mol. The molecule has 22 heavy (non-hydrogen) atoms. The van der Waals surface area contributed by atoms with Gasteiger partial charge in [0.25, 0.3) is 5.56 Å². The van der Waals surface area contributed by atoms with Gasteiger partial charge in [0.1, 0.15) is 5.82 Å². The number of carbonyl (C=O) groups excluding carboxylic acids is 1. The van der Waals surface area contributed by atoms with E-state index in [4.69, 9.17) is 0 Å². The normalized spacial score (nSPS) is 14.1. The minimum atomic E-state index is -0.137. The number of para-hydroxylation sites is 1. The number of rotatable bonds is 4. The number of hydrogen-bond donors (Lipinski definition) is 2. The summed E-state index contributed by atoms with van der Waals surface area (Å²) in [5.41, 5.74) is 0.546. The lowest BCUT2D eigenvalue weighted by molar-refractivity contribution is -0.119. The Morgan fingerprint density at radius 3 is 3.05 bits per heavy atom. The van der Waals surface area contributed by atoms with Crippen LogP contribution < -0.4 is 10.9 Å². The van der Waals surface area contributed by atoms with Gasteiger partial charge in [0, 0.05) is 18.6 Å². The van der Waals surface area contributed by atoms with E-state index in [1.54, 1.807) is 17.8 Å². The van der Waals surface area contributed by atoms with Crippen molar-refractivity contribution in [3.63, 3.8) is 0 Å². The SMILES string of the molecule is O=C(CCCc1nc2ccccc2c(=O)[nH]1)NC1=NCCS1. The number of aliphatic imine (C=N–C) groups is 1. The number of amidine groups is 1. The first-order valence-electron chi connectivity index (χ1n) is 7.17. The van der Waals surface area contributed by atoms with Gasteiger partial charge in [-0.1, -0.05) is 23.9 Å². The fraction of sp³-hybridized carbons (Fsp3) is 0.333. The molecule has 114 valence electrons. The molecule has 7 heteroatoms. The average Bonchev–Trinajstić information content (AvgIpc) is 3.00. The van der Waals surface area contributed by atoms with Crippen molar-refractivity contribution < 1.29 is 4.79 Å². The topological polar surface area (TPSA) is 87.2 Å². The standard InChI is InChI=1S/C15H16N4O2S/c20-13(19-15-16-8-9-22-15)7-3-6-12-17-11-5-2-1-4-10(11)14(21)18-12/h1-2,4-5H,3,6-9H2,(H,16,19,20)(H,17,18,21). The van der Waals surface area contributed by atoms with Gasteiger partial charge in [-0.3, -0.25) is 14.6 Å². The zero-order valence-corrected chi connectivity index (χ0v) is 12.8.